The summed E-state index contributed by atoms with van der Waals surface area (Å²) in [6.07, 6.45) is 78.6. The summed E-state index contributed by atoms with van der Waals surface area (Å²) in [5, 5.41) is 0. The van der Waals surface area contributed by atoms with Crippen molar-refractivity contribution in [1.82, 2.24) is 0 Å². The minimum Gasteiger partial charge on any atom is -0.462 e. The molecule has 0 aromatic rings. The van der Waals surface area contributed by atoms with Gasteiger partial charge in [-0.05, 0) is 96.3 Å². The van der Waals surface area contributed by atoms with Crippen LogP contribution in [-0.2, 0) is 28.6 Å². The zero-order valence-electron chi connectivity index (χ0n) is 43.3. The fraction of sp³-hybridized carbons (Fsp3) is 0.565. The van der Waals surface area contributed by atoms with Crippen LogP contribution in [0.2, 0.25) is 0 Å². The van der Waals surface area contributed by atoms with Crippen molar-refractivity contribution >= 4 is 17.9 Å². The number of hydrogen-bond donors (Lipinski definition) is 0. The van der Waals surface area contributed by atoms with Gasteiger partial charge in [-0.3, -0.25) is 14.4 Å². The number of unbranched alkanes of at least 4 members (excludes halogenated alkanes) is 15. The van der Waals surface area contributed by atoms with Crippen molar-refractivity contribution in [2.45, 2.75) is 213 Å². The Morgan fingerprint density at radius 2 is 0.691 bits per heavy atom. The van der Waals surface area contributed by atoms with Gasteiger partial charge >= 0.3 is 17.9 Å². The highest BCUT2D eigenvalue weighted by Crippen LogP contribution is 2.13. The van der Waals surface area contributed by atoms with E-state index < -0.39 is 6.10 Å². The molecule has 1 atom stereocenters. The first-order valence-corrected chi connectivity index (χ1v) is 26.9. The van der Waals surface area contributed by atoms with Crippen LogP contribution in [0.5, 0.6) is 0 Å². The lowest BCUT2D eigenvalue weighted by atomic mass is 10.1. The maximum Gasteiger partial charge on any atom is 0.306 e. The SMILES string of the molecule is CC\C=C/C=C\C=C/C=C\C=C/CCCC(=O)OCC(COC(=O)CC/C=C\C/C=C\C/C=C\C/C=C\C/C=C\C/C=C\CC)OC(=O)CCCCCCC/C=C\CCCCCCCCCCC. The minimum absolute atomic E-state index is 0.148. The quantitative estimate of drug-likeness (QED) is 0.0199. The molecule has 6 heteroatoms. The maximum absolute atomic E-state index is 12.8. The predicted octanol–water partition coefficient (Wildman–Crippen LogP) is 18.0. The van der Waals surface area contributed by atoms with E-state index in [2.05, 4.69) is 99.8 Å². The molecule has 0 N–H and O–H groups in total. The molecule has 0 heterocycles. The van der Waals surface area contributed by atoms with Crippen LogP contribution in [0, 0.1) is 0 Å². The van der Waals surface area contributed by atoms with Crippen molar-refractivity contribution in [2.24, 2.45) is 0 Å². The molecular weight excluding hydrogens is 841 g/mol. The van der Waals surface area contributed by atoms with Gasteiger partial charge in [0.15, 0.2) is 6.10 Å². The Morgan fingerprint density at radius 1 is 0.324 bits per heavy atom. The number of ether oxygens (including phenoxy) is 3. The number of rotatable bonds is 46. The first-order valence-electron chi connectivity index (χ1n) is 26.9. The van der Waals surface area contributed by atoms with E-state index in [0.717, 1.165) is 89.9 Å². The van der Waals surface area contributed by atoms with Crippen LogP contribution in [0.4, 0.5) is 0 Å². The monoisotopic (exact) mass is 937 g/mol. The van der Waals surface area contributed by atoms with E-state index in [0.29, 0.717) is 12.8 Å². The number of hydrogen-bond acceptors (Lipinski definition) is 6. The van der Waals surface area contributed by atoms with Gasteiger partial charge in [0.25, 0.3) is 0 Å². The summed E-state index contributed by atoms with van der Waals surface area (Å²) < 4.78 is 16.7. The van der Waals surface area contributed by atoms with Crippen LogP contribution in [0.3, 0.4) is 0 Å². The zero-order chi connectivity index (χ0) is 49.3. The van der Waals surface area contributed by atoms with E-state index in [1.807, 2.05) is 66.8 Å². The van der Waals surface area contributed by atoms with Crippen molar-refractivity contribution in [3.8, 4) is 0 Å². The highest BCUT2D eigenvalue weighted by atomic mass is 16.6. The molecule has 0 saturated carbocycles. The number of carbonyl (C=O) groups is 3. The van der Waals surface area contributed by atoms with Crippen molar-refractivity contribution in [3.63, 3.8) is 0 Å². The van der Waals surface area contributed by atoms with Crippen LogP contribution in [0.1, 0.15) is 207 Å². The van der Waals surface area contributed by atoms with E-state index >= 15 is 0 Å². The molecule has 0 amide bonds. The van der Waals surface area contributed by atoms with Gasteiger partial charge in [0, 0.05) is 19.3 Å². The molecule has 0 aromatic heterocycles. The molecule has 6 nitrogen and oxygen atoms in total. The zero-order valence-corrected chi connectivity index (χ0v) is 43.3. The average molecular weight is 937 g/mol. The molecule has 0 aromatic carbocycles. The van der Waals surface area contributed by atoms with Crippen LogP contribution in [0.25, 0.3) is 0 Å². The van der Waals surface area contributed by atoms with Crippen LogP contribution >= 0.6 is 0 Å². The van der Waals surface area contributed by atoms with Gasteiger partial charge in [0.2, 0.25) is 0 Å². The maximum atomic E-state index is 12.8. The van der Waals surface area contributed by atoms with E-state index in [9.17, 15) is 14.4 Å². The first-order chi connectivity index (χ1) is 33.5. The van der Waals surface area contributed by atoms with E-state index in [4.69, 9.17) is 14.2 Å². The lowest BCUT2D eigenvalue weighted by Gasteiger charge is -2.18. The molecule has 0 rings (SSSR count). The summed E-state index contributed by atoms with van der Waals surface area (Å²) in [6, 6.07) is 0. The Bertz CT molecular complexity index is 1540. The van der Waals surface area contributed by atoms with Gasteiger partial charge < -0.3 is 14.2 Å². The minimum atomic E-state index is -0.848. The van der Waals surface area contributed by atoms with Gasteiger partial charge in [-0.25, -0.2) is 0 Å². The fourth-order valence-electron chi connectivity index (χ4n) is 6.73. The topological polar surface area (TPSA) is 78.9 Å². The van der Waals surface area contributed by atoms with Gasteiger partial charge in [-0.15, -0.1) is 0 Å². The van der Waals surface area contributed by atoms with Crippen molar-refractivity contribution < 1.29 is 28.6 Å². The van der Waals surface area contributed by atoms with Gasteiger partial charge in [-0.2, -0.15) is 0 Å². The molecule has 0 saturated heterocycles. The smallest absolute Gasteiger partial charge is 0.306 e. The summed E-state index contributed by atoms with van der Waals surface area (Å²) >= 11 is 0. The lowest BCUT2D eigenvalue weighted by molar-refractivity contribution is -0.166. The molecule has 0 fully saturated rings. The summed E-state index contributed by atoms with van der Waals surface area (Å²) in [4.78, 5) is 38.0. The van der Waals surface area contributed by atoms with E-state index in [1.165, 1.54) is 64.2 Å². The second-order valence-electron chi connectivity index (χ2n) is 17.1. The first kappa shape index (κ1) is 63.3. The second-order valence-corrected chi connectivity index (χ2v) is 17.1. The van der Waals surface area contributed by atoms with Gasteiger partial charge in [0.05, 0.1) is 0 Å². The average Bonchev–Trinajstić information content (AvgIpc) is 3.34. The lowest BCUT2D eigenvalue weighted by Crippen LogP contribution is -2.30. The number of carbonyl (C=O) groups excluding carboxylic acids is 3. The van der Waals surface area contributed by atoms with Gasteiger partial charge in [-0.1, -0.05) is 237 Å². The molecule has 0 radical (unpaired) electrons. The van der Waals surface area contributed by atoms with Crippen LogP contribution < -0.4 is 0 Å². The molecule has 0 aliphatic rings. The Morgan fingerprint density at radius 3 is 1.19 bits per heavy atom. The summed E-state index contributed by atoms with van der Waals surface area (Å²) in [5.74, 6) is -1.12. The van der Waals surface area contributed by atoms with E-state index in [-0.39, 0.29) is 50.4 Å². The number of esters is 3. The second kappa shape index (κ2) is 54.9. The Balaban J connectivity index is 4.61. The molecule has 68 heavy (non-hydrogen) atoms. The third-order valence-corrected chi connectivity index (χ3v) is 10.7. The predicted molar refractivity (Wildman–Crippen MR) is 292 cm³/mol. The van der Waals surface area contributed by atoms with Crippen LogP contribution in [-0.4, -0.2) is 37.2 Å². The Hall–Kier alpha value is -4.71. The summed E-state index contributed by atoms with van der Waals surface area (Å²) in [7, 11) is 0. The summed E-state index contributed by atoms with van der Waals surface area (Å²) in [5.41, 5.74) is 0. The number of allylic oxidation sites excluding steroid dienone is 24. The van der Waals surface area contributed by atoms with E-state index in [1.54, 1.807) is 0 Å². The molecule has 1 unspecified atom stereocenters. The highest BCUT2D eigenvalue weighted by molar-refractivity contribution is 5.71. The normalized spacial score (nSPS) is 13.3. The van der Waals surface area contributed by atoms with Crippen LogP contribution in [0.15, 0.2) is 146 Å². The largest absolute Gasteiger partial charge is 0.462 e. The standard InChI is InChI=1S/C62H96O6/c1-4-7-10-13-16-19-22-25-27-29-31-33-34-37-40-43-46-49-52-55-61(64)67-58-59(57-66-60(63)54-51-48-45-42-39-36-24-21-18-15-12-9-6-3)68-62(65)56-53-50-47-44-41-38-35-32-30-28-26-23-20-17-14-11-8-5-2/h7,9-10,12,15-16,18-19,21,24-25,27,31-33,35-37,39-40,42,45-46,49,59H,4-6,8,11,13-14,17,20,22-23,26,28-30,34,38,41,43-44,47-48,50-58H2,1-3H3/b10-7-,12-9-,18-15-,19-16-,24-21-,27-25-,33-31-,35-32-,39-36-,40-37-,45-42-,49-46-. The summed E-state index contributed by atoms with van der Waals surface area (Å²) in [6.45, 7) is 6.23. The molecule has 0 bridgehead atoms. The Kier molecular flexibility index (Phi) is 51.1. The molecule has 0 aliphatic carbocycles. The Labute approximate surface area is 417 Å². The molecule has 0 aliphatic heterocycles. The molecule has 380 valence electrons. The van der Waals surface area contributed by atoms with Crippen molar-refractivity contribution in [3.05, 3.63) is 146 Å². The van der Waals surface area contributed by atoms with Crippen molar-refractivity contribution in [1.29, 1.82) is 0 Å². The highest BCUT2D eigenvalue weighted by Gasteiger charge is 2.19. The third-order valence-electron chi connectivity index (χ3n) is 10.7. The fourth-order valence-corrected chi connectivity index (χ4v) is 6.73. The van der Waals surface area contributed by atoms with Gasteiger partial charge in [0.1, 0.15) is 13.2 Å². The third kappa shape index (κ3) is 52.3. The molecular formula is C62H96O6. The molecule has 0 spiro atoms. The van der Waals surface area contributed by atoms with Crippen molar-refractivity contribution in [2.75, 3.05) is 13.2 Å².